The van der Waals surface area contributed by atoms with Gasteiger partial charge in [-0.1, -0.05) is 11.7 Å². The van der Waals surface area contributed by atoms with Crippen molar-refractivity contribution < 1.29 is 5.21 Å². The van der Waals surface area contributed by atoms with E-state index < -0.39 is 0 Å². The Balaban J connectivity index is 2.92. The zero-order valence-corrected chi connectivity index (χ0v) is 2.68. The maximum Gasteiger partial charge on any atom is 0.131 e. The van der Waals surface area contributed by atoms with E-state index in [1.165, 1.54) is 6.08 Å². The summed E-state index contributed by atoms with van der Waals surface area (Å²) in [5, 5.41) is 9.99. The first-order chi connectivity index (χ1) is 2.41. The van der Waals surface area contributed by atoms with Gasteiger partial charge in [0.15, 0.2) is 0 Å². The second-order valence-corrected chi connectivity index (χ2v) is 0.433. The van der Waals surface area contributed by atoms with Crippen LogP contribution in [-0.4, -0.2) is 11.4 Å². The van der Waals surface area contributed by atoms with Crippen LogP contribution in [0.5, 0.6) is 0 Å². The second-order valence-electron chi connectivity index (χ2n) is 0.433. The van der Waals surface area contributed by atoms with E-state index >= 15 is 0 Å². The van der Waals surface area contributed by atoms with Crippen molar-refractivity contribution in [3.63, 3.8) is 0 Å². The van der Waals surface area contributed by atoms with E-state index in [-0.39, 0.29) is 0 Å². The molecule has 0 saturated carbocycles. The second kappa shape index (κ2) is 3.21. The molecule has 0 bridgehead atoms. The molecule has 2 nitrogen and oxygen atoms in total. The fourth-order valence-electron chi connectivity index (χ4n) is 0.0408. The summed E-state index contributed by atoms with van der Waals surface area (Å²) in [6.07, 6.45) is 3.32. The maximum atomic E-state index is 7.51. The zero-order chi connectivity index (χ0) is 4.12. The molecule has 0 heterocycles. The molecule has 27 valence electrons. The normalized spacial score (nSPS) is 8.80. The van der Waals surface area contributed by atoms with Crippen LogP contribution < -0.4 is 0 Å². The van der Waals surface area contributed by atoms with Crippen LogP contribution in [0.15, 0.2) is 17.8 Å². The van der Waals surface area contributed by atoms with E-state index in [9.17, 15) is 0 Å². The third-order valence-electron chi connectivity index (χ3n) is 0.149. The van der Waals surface area contributed by atoms with Crippen molar-refractivity contribution in [2.45, 2.75) is 0 Å². The first-order valence-electron chi connectivity index (χ1n) is 1.12. The molecular weight excluding hydrogens is 66.0 g/mol. The van der Waals surface area contributed by atoms with E-state index in [2.05, 4.69) is 17.9 Å². The summed E-state index contributed by atoms with van der Waals surface area (Å²) in [4.78, 5) is 0. The Labute approximate surface area is 30.4 Å². The Hall–Kier alpha value is -0.790. The van der Waals surface area contributed by atoms with Crippen LogP contribution >= 0.6 is 0 Å². The Morgan fingerprint density at radius 1 is 2.00 bits per heavy atom. The topological polar surface area (TPSA) is 32.6 Å². The predicted octanol–water partition coefficient (Wildman–Crippen LogP) is 0.509. The highest BCUT2D eigenvalue weighted by atomic mass is 16.4. The first-order valence-corrected chi connectivity index (χ1v) is 1.12. The molecule has 0 fully saturated rings. The monoisotopic (exact) mass is 70.0 g/mol. The lowest BCUT2D eigenvalue weighted by molar-refractivity contribution is 0.322. The number of hydrogen-bond donors (Lipinski definition) is 1. The molecule has 0 saturated heterocycles. The summed E-state index contributed by atoms with van der Waals surface area (Å²) < 4.78 is 0. The molecule has 0 aliphatic carbocycles. The van der Waals surface area contributed by atoms with Gasteiger partial charge in [-0.2, -0.15) is 0 Å². The lowest BCUT2D eigenvalue weighted by Crippen LogP contribution is -1.54. The minimum Gasteiger partial charge on any atom is -0.410 e. The SMILES string of the molecule is C=C/[C]=N/O. The van der Waals surface area contributed by atoms with Gasteiger partial charge in [0, 0.05) is 0 Å². The summed E-state index contributed by atoms with van der Waals surface area (Å²) in [5.41, 5.74) is 0. The number of allylic oxidation sites excluding steroid dienone is 1. The van der Waals surface area contributed by atoms with Gasteiger partial charge in [-0.15, -0.1) is 0 Å². The summed E-state index contributed by atoms with van der Waals surface area (Å²) in [6, 6.07) is 0. The minimum absolute atomic E-state index is 1.26. The van der Waals surface area contributed by atoms with Crippen molar-refractivity contribution >= 4 is 6.21 Å². The Morgan fingerprint density at radius 2 is 2.60 bits per heavy atom. The molecule has 2 heteroatoms. The fourth-order valence-corrected chi connectivity index (χ4v) is 0.0408. The van der Waals surface area contributed by atoms with Crippen molar-refractivity contribution in [1.29, 1.82) is 0 Å². The fraction of sp³-hybridized carbons (Fsp3) is 0. The van der Waals surface area contributed by atoms with Crippen LogP contribution in [0.4, 0.5) is 0 Å². The lowest BCUT2D eigenvalue weighted by Gasteiger charge is -1.56. The molecule has 0 aliphatic heterocycles. The predicted molar refractivity (Wildman–Crippen MR) is 19.4 cm³/mol. The maximum absolute atomic E-state index is 7.51. The minimum atomic E-state index is 1.26. The van der Waals surface area contributed by atoms with Gasteiger partial charge in [0.1, 0.15) is 6.21 Å². The van der Waals surface area contributed by atoms with Crippen molar-refractivity contribution in [2.24, 2.45) is 5.16 Å². The molecule has 1 N–H and O–H groups in total. The van der Waals surface area contributed by atoms with Gasteiger partial charge in [-0.3, -0.25) is 0 Å². The number of rotatable bonds is 1. The molecule has 0 aromatic carbocycles. The average molecular weight is 70.1 g/mol. The van der Waals surface area contributed by atoms with Gasteiger partial charge < -0.3 is 5.21 Å². The highest BCUT2D eigenvalue weighted by Gasteiger charge is 1.47. The van der Waals surface area contributed by atoms with Crippen LogP contribution in [0, 0.1) is 0 Å². The van der Waals surface area contributed by atoms with Crippen molar-refractivity contribution in [1.82, 2.24) is 0 Å². The van der Waals surface area contributed by atoms with Crippen LogP contribution in [0.2, 0.25) is 0 Å². The largest absolute Gasteiger partial charge is 0.410 e. The Kier molecular flexibility index (Phi) is 2.70. The van der Waals surface area contributed by atoms with E-state index in [0.29, 0.717) is 0 Å². The van der Waals surface area contributed by atoms with Gasteiger partial charge in [0.2, 0.25) is 0 Å². The smallest absolute Gasteiger partial charge is 0.131 e. The summed E-state index contributed by atoms with van der Waals surface area (Å²) in [5.74, 6) is 0. The molecule has 0 amide bonds. The van der Waals surface area contributed by atoms with Crippen LogP contribution in [0.25, 0.3) is 0 Å². The summed E-state index contributed by atoms with van der Waals surface area (Å²) in [7, 11) is 0. The third kappa shape index (κ3) is 3.21. The lowest BCUT2D eigenvalue weighted by atomic mass is 10.7. The highest BCUT2D eigenvalue weighted by Crippen LogP contribution is 1.48. The van der Waals surface area contributed by atoms with Gasteiger partial charge in [0.25, 0.3) is 0 Å². The molecule has 5 heavy (non-hydrogen) atoms. The van der Waals surface area contributed by atoms with Crippen molar-refractivity contribution in [3.8, 4) is 0 Å². The first kappa shape index (κ1) is 4.21. The Morgan fingerprint density at radius 3 is 2.60 bits per heavy atom. The number of hydrogen-bond acceptors (Lipinski definition) is 2. The van der Waals surface area contributed by atoms with Gasteiger partial charge in [-0.05, 0) is 6.08 Å². The van der Waals surface area contributed by atoms with Crippen LogP contribution in [0.3, 0.4) is 0 Å². The Bertz CT molecular complexity index is 48.9. The number of nitrogens with zero attached hydrogens (tertiary/aromatic N) is 1. The summed E-state index contributed by atoms with van der Waals surface area (Å²) in [6.45, 7) is 3.19. The molecule has 0 aromatic heterocycles. The van der Waals surface area contributed by atoms with Crippen LogP contribution in [0.1, 0.15) is 0 Å². The van der Waals surface area contributed by atoms with E-state index in [1.54, 1.807) is 0 Å². The molecule has 0 spiro atoms. The van der Waals surface area contributed by atoms with Gasteiger partial charge in [-0.25, -0.2) is 0 Å². The third-order valence-corrected chi connectivity index (χ3v) is 0.149. The van der Waals surface area contributed by atoms with Crippen molar-refractivity contribution in [2.75, 3.05) is 0 Å². The molecule has 0 atom stereocenters. The van der Waals surface area contributed by atoms with Crippen molar-refractivity contribution in [3.05, 3.63) is 12.7 Å². The molecule has 0 rings (SSSR count). The quantitative estimate of drug-likeness (QED) is 0.272. The molecular formula is C3H4NO. The highest BCUT2D eigenvalue weighted by molar-refractivity contribution is 5.69. The zero-order valence-electron chi connectivity index (χ0n) is 2.68. The van der Waals surface area contributed by atoms with Gasteiger partial charge >= 0.3 is 0 Å². The van der Waals surface area contributed by atoms with E-state index in [0.717, 1.165) is 0 Å². The van der Waals surface area contributed by atoms with E-state index in [1.807, 2.05) is 0 Å². The van der Waals surface area contributed by atoms with Crippen LogP contribution in [-0.2, 0) is 0 Å². The molecule has 1 radical (unpaired) electrons. The molecule has 0 aromatic rings. The molecule has 0 unspecified atom stereocenters. The average Bonchev–Trinajstić information content (AvgIpc) is 1.41. The standard InChI is InChI=1S/C3H4NO/c1-2-3-4-5/h2,5H,1H2. The van der Waals surface area contributed by atoms with Gasteiger partial charge in [0.05, 0.1) is 0 Å². The van der Waals surface area contributed by atoms with E-state index in [4.69, 9.17) is 5.21 Å². The molecule has 0 aliphatic rings. The summed E-state index contributed by atoms with van der Waals surface area (Å²) >= 11 is 0.